The molecule has 3 amide bonds. The van der Waals surface area contributed by atoms with Crippen LogP contribution in [0.25, 0.3) is 0 Å². The Kier molecular flexibility index (Phi) is 4.84. The Morgan fingerprint density at radius 3 is 2.33 bits per heavy atom. The summed E-state index contributed by atoms with van der Waals surface area (Å²) in [6.45, 7) is 4.60. The zero-order valence-corrected chi connectivity index (χ0v) is 13.7. The molecular formula is C18H21N3O3. The lowest BCUT2D eigenvalue weighted by Gasteiger charge is -2.34. The number of furan rings is 1. The first-order chi connectivity index (χ1) is 11.6. The van der Waals surface area contributed by atoms with Crippen molar-refractivity contribution in [1.29, 1.82) is 0 Å². The zero-order chi connectivity index (χ0) is 16.9. The molecule has 6 nitrogen and oxygen atoms in total. The summed E-state index contributed by atoms with van der Waals surface area (Å²) >= 11 is 0. The fraction of sp³-hybridized carbons (Fsp3) is 0.333. The lowest BCUT2D eigenvalue weighted by Crippen LogP contribution is -2.53. The molecule has 1 saturated heterocycles. The highest BCUT2D eigenvalue weighted by atomic mass is 16.3. The van der Waals surface area contributed by atoms with Gasteiger partial charge in [0.2, 0.25) is 0 Å². The Morgan fingerprint density at radius 2 is 1.71 bits per heavy atom. The number of hydrogen-bond donors (Lipinski definition) is 1. The predicted molar refractivity (Wildman–Crippen MR) is 89.6 cm³/mol. The van der Waals surface area contributed by atoms with Gasteiger partial charge in [-0.15, -0.1) is 0 Å². The van der Waals surface area contributed by atoms with Gasteiger partial charge in [-0.1, -0.05) is 29.8 Å². The van der Waals surface area contributed by atoms with Crippen LogP contribution in [0.4, 0.5) is 4.79 Å². The Labute approximate surface area is 141 Å². The Hall–Kier alpha value is -2.76. The maximum absolute atomic E-state index is 12.2. The van der Waals surface area contributed by atoms with E-state index < -0.39 is 0 Å². The second-order valence-corrected chi connectivity index (χ2v) is 5.90. The molecule has 0 spiro atoms. The van der Waals surface area contributed by atoms with Crippen molar-refractivity contribution in [3.8, 4) is 0 Å². The first-order valence-electron chi connectivity index (χ1n) is 8.04. The number of carbonyl (C=O) groups is 2. The average Bonchev–Trinajstić information content (AvgIpc) is 3.15. The molecule has 0 unspecified atom stereocenters. The standard InChI is InChI=1S/C18H21N3O3/c1-14-4-6-15(7-5-14)13-19-18(23)21-10-8-20(9-11-21)17(22)16-3-2-12-24-16/h2-7,12H,8-11,13H2,1H3,(H,19,23). The van der Waals surface area contributed by atoms with E-state index in [4.69, 9.17) is 4.42 Å². The van der Waals surface area contributed by atoms with Crippen molar-refractivity contribution in [3.63, 3.8) is 0 Å². The SMILES string of the molecule is Cc1ccc(CNC(=O)N2CCN(C(=O)c3ccco3)CC2)cc1. The third-order valence-corrected chi connectivity index (χ3v) is 4.15. The molecule has 0 atom stereocenters. The van der Waals surface area contributed by atoms with Crippen LogP contribution in [-0.2, 0) is 6.54 Å². The van der Waals surface area contributed by atoms with E-state index in [2.05, 4.69) is 5.32 Å². The Balaban J connectivity index is 1.46. The molecule has 1 N–H and O–H groups in total. The zero-order valence-electron chi connectivity index (χ0n) is 13.7. The van der Waals surface area contributed by atoms with Crippen molar-refractivity contribution in [2.24, 2.45) is 0 Å². The number of rotatable bonds is 3. The summed E-state index contributed by atoms with van der Waals surface area (Å²) in [5, 5.41) is 2.92. The summed E-state index contributed by atoms with van der Waals surface area (Å²) in [5.41, 5.74) is 2.27. The molecule has 2 heterocycles. The topological polar surface area (TPSA) is 65.8 Å². The first-order valence-corrected chi connectivity index (χ1v) is 8.04. The number of nitrogens with one attached hydrogen (secondary N) is 1. The van der Waals surface area contributed by atoms with E-state index in [0.717, 1.165) is 5.56 Å². The summed E-state index contributed by atoms with van der Waals surface area (Å²) < 4.78 is 5.13. The largest absolute Gasteiger partial charge is 0.459 e. The monoisotopic (exact) mass is 327 g/mol. The molecule has 6 heteroatoms. The van der Waals surface area contributed by atoms with E-state index in [1.165, 1.54) is 11.8 Å². The maximum atomic E-state index is 12.2. The van der Waals surface area contributed by atoms with Crippen molar-refractivity contribution >= 4 is 11.9 Å². The van der Waals surface area contributed by atoms with E-state index >= 15 is 0 Å². The molecule has 126 valence electrons. The molecule has 0 aliphatic carbocycles. The minimum absolute atomic E-state index is 0.0966. The van der Waals surface area contributed by atoms with Gasteiger partial charge >= 0.3 is 6.03 Å². The Morgan fingerprint density at radius 1 is 1.04 bits per heavy atom. The van der Waals surface area contributed by atoms with Gasteiger partial charge in [0.1, 0.15) is 0 Å². The van der Waals surface area contributed by atoms with Gasteiger partial charge in [0.25, 0.3) is 5.91 Å². The van der Waals surface area contributed by atoms with Gasteiger partial charge in [0, 0.05) is 32.7 Å². The number of amides is 3. The summed E-state index contributed by atoms with van der Waals surface area (Å²) in [6.07, 6.45) is 1.49. The van der Waals surface area contributed by atoms with Crippen LogP contribution in [0.5, 0.6) is 0 Å². The van der Waals surface area contributed by atoms with Crippen molar-refractivity contribution in [3.05, 3.63) is 59.5 Å². The lowest BCUT2D eigenvalue weighted by atomic mass is 10.1. The van der Waals surface area contributed by atoms with Crippen molar-refractivity contribution < 1.29 is 14.0 Å². The predicted octanol–water partition coefficient (Wildman–Crippen LogP) is 2.26. The fourth-order valence-electron chi connectivity index (χ4n) is 2.66. The molecule has 0 bridgehead atoms. The van der Waals surface area contributed by atoms with Crippen LogP contribution < -0.4 is 5.32 Å². The van der Waals surface area contributed by atoms with Gasteiger partial charge < -0.3 is 19.5 Å². The van der Waals surface area contributed by atoms with Gasteiger partial charge in [-0.25, -0.2) is 4.79 Å². The molecule has 1 aliphatic rings. The third kappa shape index (κ3) is 3.76. The minimum Gasteiger partial charge on any atom is -0.459 e. The highest BCUT2D eigenvalue weighted by Gasteiger charge is 2.25. The summed E-state index contributed by atoms with van der Waals surface area (Å²) in [5.74, 6) is 0.215. The smallest absolute Gasteiger partial charge is 0.317 e. The van der Waals surface area contributed by atoms with E-state index in [1.807, 2.05) is 31.2 Å². The molecule has 24 heavy (non-hydrogen) atoms. The van der Waals surface area contributed by atoms with Gasteiger partial charge in [-0.05, 0) is 24.6 Å². The number of carbonyl (C=O) groups excluding carboxylic acids is 2. The normalized spacial score (nSPS) is 14.5. The summed E-state index contributed by atoms with van der Waals surface area (Å²) in [6, 6.07) is 11.3. The van der Waals surface area contributed by atoms with Gasteiger partial charge in [-0.3, -0.25) is 4.79 Å². The van der Waals surface area contributed by atoms with Gasteiger partial charge in [0.05, 0.1) is 6.26 Å². The van der Waals surface area contributed by atoms with Crippen LogP contribution in [0.15, 0.2) is 47.1 Å². The van der Waals surface area contributed by atoms with Crippen molar-refractivity contribution in [1.82, 2.24) is 15.1 Å². The number of benzene rings is 1. The molecule has 1 fully saturated rings. The second kappa shape index (κ2) is 7.21. The molecule has 3 rings (SSSR count). The minimum atomic E-state index is -0.125. The molecular weight excluding hydrogens is 306 g/mol. The van der Waals surface area contributed by atoms with Crippen LogP contribution in [0.2, 0.25) is 0 Å². The van der Waals surface area contributed by atoms with E-state index in [1.54, 1.807) is 21.9 Å². The van der Waals surface area contributed by atoms with E-state index in [0.29, 0.717) is 38.5 Å². The number of nitrogens with zero attached hydrogens (tertiary/aromatic N) is 2. The van der Waals surface area contributed by atoms with Crippen LogP contribution in [0.1, 0.15) is 21.7 Å². The third-order valence-electron chi connectivity index (χ3n) is 4.15. The fourth-order valence-corrected chi connectivity index (χ4v) is 2.66. The molecule has 1 aliphatic heterocycles. The highest BCUT2D eigenvalue weighted by Crippen LogP contribution is 2.10. The second-order valence-electron chi connectivity index (χ2n) is 5.90. The number of piperazine rings is 1. The highest BCUT2D eigenvalue weighted by molar-refractivity contribution is 5.91. The van der Waals surface area contributed by atoms with Crippen molar-refractivity contribution in [2.45, 2.75) is 13.5 Å². The molecule has 0 radical (unpaired) electrons. The Bertz CT molecular complexity index is 687. The van der Waals surface area contributed by atoms with Crippen LogP contribution in [0.3, 0.4) is 0 Å². The molecule has 0 saturated carbocycles. The maximum Gasteiger partial charge on any atom is 0.317 e. The summed E-state index contributed by atoms with van der Waals surface area (Å²) in [4.78, 5) is 27.9. The summed E-state index contributed by atoms with van der Waals surface area (Å²) in [7, 11) is 0. The van der Waals surface area contributed by atoms with Gasteiger partial charge in [-0.2, -0.15) is 0 Å². The number of hydrogen-bond acceptors (Lipinski definition) is 3. The van der Waals surface area contributed by atoms with Crippen LogP contribution in [0, 0.1) is 6.92 Å². The van der Waals surface area contributed by atoms with Crippen LogP contribution in [-0.4, -0.2) is 47.9 Å². The first kappa shape index (κ1) is 16.1. The number of aryl methyl sites for hydroxylation is 1. The quantitative estimate of drug-likeness (QED) is 0.940. The molecule has 1 aromatic heterocycles. The van der Waals surface area contributed by atoms with Crippen LogP contribution >= 0.6 is 0 Å². The van der Waals surface area contributed by atoms with Gasteiger partial charge in [0.15, 0.2) is 5.76 Å². The average molecular weight is 327 g/mol. The molecule has 1 aromatic carbocycles. The lowest BCUT2D eigenvalue weighted by molar-refractivity contribution is 0.0634. The number of urea groups is 1. The van der Waals surface area contributed by atoms with E-state index in [-0.39, 0.29) is 11.9 Å². The van der Waals surface area contributed by atoms with E-state index in [9.17, 15) is 9.59 Å². The van der Waals surface area contributed by atoms with Crippen molar-refractivity contribution in [2.75, 3.05) is 26.2 Å². The molecule has 2 aromatic rings.